The Bertz CT molecular complexity index is 714. The summed E-state index contributed by atoms with van der Waals surface area (Å²) in [6.07, 6.45) is 0. The van der Waals surface area contributed by atoms with Gasteiger partial charge in [-0.15, -0.1) is 0 Å². The molecule has 0 saturated carbocycles. The molecule has 8 heteroatoms. The van der Waals surface area contributed by atoms with Crippen LogP contribution in [-0.4, -0.2) is 50.4 Å². The normalized spacial score (nSPS) is 26.6. The molecule has 2 aliphatic heterocycles. The van der Waals surface area contributed by atoms with E-state index < -0.39 is 9.84 Å². The number of nitrogens with one attached hydrogen (secondary N) is 2. The van der Waals surface area contributed by atoms with E-state index in [0.29, 0.717) is 11.4 Å². The minimum atomic E-state index is -3.13. The first-order valence-corrected chi connectivity index (χ1v) is 8.81. The molecule has 22 heavy (non-hydrogen) atoms. The maximum Gasteiger partial charge on any atom is 0.241 e. The van der Waals surface area contributed by atoms with Gasteiger partial charge in [-0.1, -0.05) is 0 Å². The summed E-state index contributed by atoms with van der Waals surface area (Å²) in [4.78, 5) is 24.8. The number of hydrogen-bond donors (Lipinski definition) is 2. The van der Waals surface area contributed by atoms with Crippen LogP contribution in [0.2, 0.25) is 0 Å². The lowest BCUT2D eigenvalue weighted by Crippen LogP contribution is -2.60. The van der Waals surface area contributed by atoms with Crippen molar-refractivity contribution >= 4 is 33.0 Å². The minimum absolute atomic E-state index is 0.0240. The van der Waals surface area contributed by atoms with Crippen LogP contribution in [0, 0.1) is 0 Å². The second-order valence-electron chi connectivity index (χ2n) is 5.62. The Labute approximate surface area is 128 Å². The van der Waals surface area contributed by atoms with Crippen LogP contribution >= 0.6 is 0 Å². The van der Waals surface area contributed by atoms with Crippen molar-refractivity contribution in [2.75, 3.05) is 28.3 Å². The molecule has 2 atom stereocenters. The first-order chi connectivity index (χ1) is 10.4. The van der Waals surface area contributed by atoms with Gasteiger partial charge in [-0.25, -0.2) is 8.42 Å². The number of nitrogens with zero attached hydrogens (tertiary/aromatic N) is 1. The summed E-state index contributed by atoms with van der Waals surface area (Å²) in [5, 5.41) is 5.65. The number of benzene rings is 1. The van der Waals surface area contributed by atoms with Crippen molar-refractivity contribution < 1.29 is 18.0 Å². The summed E-state index contributed by atoms with van der Waals surface area (Å²) in [6.45, 7) is 1.55. The third kappa shape index (κ3) is 2.84. The number of rotatable bonds is 2. The number of carbonyl (C=O) groups excluding carboxylic acids is 2. The molecule has 1 aromatic carbocycles. The lowest BCUT2D eigenvalue weighted by Gasteiger charge is -2.37. The van der Waals surface area contributed by atoms with Gasteiger partial charge in [0.25, 0.3) is 0 Å². The van der Waals surface area contributed by atoms with Crippen molar-refractivity contribution in [2.24, 2.45) is 0 Å². The van der Waals surface area contributed by atoms with Crippen LogP contribution in [0.3, 0.4) is 0 Å². The molecule has 2 amide bonds. The molecule has 7 nitrogen and oxygen atoms in total. The van der Waals surface area contributed by atoms with Gasteiger partial charge in [0.2, 0.25) is 11.8 Å². The molecule has 118 valence electrons. The van der Waals surface area contributed by atoms with Crippen LogP contribution in [-0.2, 0) is 19.4 Å². The molecular formula is C14H17N3O4S. The fourth-order valence-electron chi connectivity index (χ4n) is 3.01. The number of fused-ring (bicyclic) bond motifs is 1. The average molecular weight is 323 g/mol. The Morgan fingerprint density at radius 3 is 2.59 bits per heavy atom. The lowest BCUT2D eigenvalue weighted by molar-refractivity contribution is -0.119. The Kier molecular flexibility index (Phi) is 3.65. The van der Waals surface area contributed by atoms with Gasteiger partial charge in [-0.05, 0) is 24.3 Å². The molecule has 2 saturated heterocycles. The smallest absolute Gasteiger partial charge is 0.241 e. The van der Waals surface area contributed by atoms with Crippen molar-refractivity contribution in [3.8, 4) is 0 Å². The van der Waals surface area contributed by atoms with Gasteiger partial charge in [0.1, 0.15) is 0 Å². The Morgan fingerprint density at radius 1 is 1.27 bits per heavy atom. The minimum Gasteiger partial charge on any atom is -0.326 e. The fourth-order valence-corrected chi connectivity index (χ4v) is 4.94. The number of anilines is 2. The molecule has 2 fully saturated rings. The van der Waals surface area contributed by atoms with Crippen molar-refractivity contribution in [1.82, 2.24) is 5.32 Å². The van der Waals surface area contributed by atoms with E-state index in [1.165, 1.54) is 6.92 Å². The maximum absolute atomic E-state index is 12.2. The summed E-state index contributed by atoms with van der Waals surface area (Å²) in [5.74, 6) is -0.284. The number of carbonyl (C=O) groups is 2. The molecular weight excluding hydrogens is 306 g/mol. The zero-order valence-electron chi connectivity index (χ0n) is 12.1. The zero-order chi connectivity index (χ0) is 15.9. The van der Waals surface area contributed by atoms with Crippen LogP contribution in [0.4, 0.5) is 11.4 Å². The zero-order valence-corrected chi connectivity index (χ0v) is 12.9. The summed E-state index contributed by atoms with van der Waals surface area (Å²) in [6, 6.07) is 6.23. The van der Waals surface area contributed by atoms with Crippen LogP contribution in [0.5, 0.6) is 0 Å². The highest BCUT2D eigenvalue weighted by molar-refractivity contribution is 7.91. The van der Waals surface area contributed by atoms with Crippen LogP contribution in [0.1, 0.15) is 6.92 Å². The van der Waals surface area contributed by atoms with Crippen LogP contribution in [0.25, 0.3) is 0 Å². The highest BCUT2D eigenvalue weighted by Gasteiger charge is 2.45. The largest absolute Gasteiger partial charge is 0.326 e. The maximum atomic E-state index is 12.2. The molecule has 0 aliphatic carbocycles. The Hall–Kier alpha value is -1.93. The summed E-state index contributed by atoms with van der Waals surface area (Å²) < 4.78 is 23.7. The van der Waals surface area contributed by atoms with Crippen molar-refractivity contribution in [3.63, 3.8) is 0 Å². The third-order valence-electron chi connectivity index (χ3n) is 3.90. The molecule has 2 aliphatic rings. The quantitative estimate of drug-likeness (QED) is 0.782. The van der Waals surface area contributed by atoms with E-state index in [4.69, 9.17) is 0 Å². The molecule has 1 aromatic rings. The lowest BCUT2D eigenvalue weighted by atomic mass is 10.1. The topological polar surface area (TPSA) is 95.6 Å². The van der Waals surface area contributed by atoms with Gasteiger partial charge in [0, 0.05) is 24.3 Å². The van der Waals surface area contributed by atoms with Crippen molar-refractivity contribution in [1.29, 1.82) is 0 Å². The summed E-state index contributed by atoms with van der Waals surface area (Å²) >= 11 is 0. The standard InChI is InChI=1S/C14H17N3O4S/c1-9(18)16-10-2-4-11(5-3-10)17-13-8-22(20,21)7-12(13)15-6-14(17)19/h2-5,12-13,15H,6-8H2,1H3,(H,16,18)/t12-,13+/m1/s1. The van der Waals surface area contributed by atoms with E-state index in [1.807, 2.05) is 0 Å². The highest BCUT2D eigenvalue weighted by Crippen LogP contribution is 2.28. The molecule has 0 spiro atoms. The van der Waals surface area contributed by atoms with E-state index in [1.54, 1.807) is 29.2 Å². The second-order valence-corrected chi connectivity index (χ2v) is 7.78. The van der Waals surface area contributed by atoms with E-state index in [0.717, 1.165) is 0 Å². The van der Waals surface area contributed by atoms with E-state index in [9.17, 15) is 18.0 Å². The van der Waals surface area contributed by atoms with Gasteiger partial charge in [0.15, 0.2) is 9.84 Å². The Morgan fingerprint density at radius 2 is 1.95 bits per heavy atom. The number of amides is 2. The van der Waals surface area contributed by atoms with E-state index >= 15 is 0 Å². The van der Waals surface area contributed by atoms with Crippen molar-refractivity contribution in [2.45, 2.75) is 19.0 Å². The van der Waals surface area contributed by atoms with Gasteiger partial charge in [-0.2, -0.15) is 0 Å². The number of hydrogen-bond acceptors (Lipinski definition) is 5. The molecule has 2 N–H and O–H groups in total. The first-order valence-electron chi connectivity index (χ1n) is 6.99. The molecule has 2 heterocycles. The van der Waals surface area contributed by atoms with Gasteiger partial charge < -0.3 is 15.5 Å². The van der Waals surface area contributed by atoms with Gasteiger partial charge in [0.05, 0.1) is 24.1 Å². The third-order valence-corrected chi connectivity index (χ3v) is 5.62. The molecule has 3 rings (SSSR count). The van der Waals surface area contributed by atoms with Crippen LogP contribution < -0.4 is 15.5 Å². The highest BCUT2D eigenvalue weighted by atomic mass is 32.2. The SMILES string of the molecule is CC(=O)Nc1ccc(N2C(=O)CN[C@@H]3CS(=O)(=O)C[C@@H]32)cc1. The monoisotopic (exact) mass is 323 g/mol. The molecule has 0 bridgehead atoms. The molecule has 0 radical (unpaired) electrons. The molecule has 0 aromatic heterocycles. The number of piperazine rings is 1. The summed E-state index contributed by atoms with van der Waals surface area (Å²) in [7, 11) is -3.13. The predicted octanol–water partition coefficient (Wildman–Crippen LogP) is -0.253. The molecule has 0 unspecified atom stereocenters. The van der Waals surface area contributed by atoms with Crippen LogP contribution in [0.15, 0.2) is 24.3 Å². The summed E-state index contributed by atoms with van der Waals surface area (Å²) in [5.41, 5.74) is 1.28. The van der Waals surface area contributed by atoms with E-state index in [2.05, 4.69) is 10.6 Å². The van der Waals surface area contributed by atoms with E-state index in [-0.39, 0.29) is 41.9 Å². The predicted molar refractivity (Wildman–Crippen MR) is 82.5 cm³/mol. The van der Waals surface area contributed by atoms with Crippen molar-refractivity contribution in [3.05, 3.63) is 24.3 Å². The van der Waals surface area contributed by atoms with Gasteiger partial charge in [-0.3, -0.25) is 9.59 Å². The number of sulfone groups is 1. The first kappa shape index (κ1) is 15.0. The Balaban J connectivity index is 1.88. The fraction of sp³-hybridized carbons (Fsp3) is 0.429. The average Bonchev–Trinajstić information content (AvgIpc) is 2.73. The van der Waals surface area contributed by atoms with Gasteiger partial charge >= 0.3 is 0 Å². The second kappa shape index (κ2) is 5.36.